The summed E-state index contributed by atoms with van der Waals surface area (Å²) >= 11 is 0. The minimum atomic E-state index is -0.800. The van der Waals surface area contributed by atoms with Crippen molar-refractivity contribution in [2.45, 2.75) is 70.2 Å². The maximum absolute atomic E-state index is 15.6. The molecule has 0 radical (unpaired) electrons. The molecule has 1 saturated heterocycles. The predicted octanol–water partition coefficient (Wildman–Crippen LogP) is 5.51. The molecule has 13 heteroatoms. The smallest absolute Gasteiger partial charge is 0.408 e. The molecule has 2 amide bonds. The number of nitrogens with zero attached hydrogens (tertiary/aromatic N) is 6. The van der Waals surface area contributed by atoms with Crippen molar-refractivity contribution in [2.24, 2.45) is 0 Å². The zero-order chi connectivity index (χ0) is 33.3. The summed E-state index contributed by atoms with van der Waals surface area (Å²) in [5.74, 6) is 0.0354. The number of nitrogens with one attached hydrogen (secondary N) is 1. The average molecular weight is 639 g/mol. The van der Waals surface area contributed by atoms with Crippen LogP contribution in [0.15, 0.2) is 66.5 Å². The van der Waals surface area contributed by atoms with Crippen LogP contribution in [0.3, 0.4) is 0 Å². The Morgan fingerprint density at radius 3 is 2.62 bits per heavy atom. The molecule has 47 heavy (non-hydrogen) atoms. The molecule has 4 aromatic rings. The highest BCUT2D eigenvalue weighted by Gasteiger charge is 2.45. The van der Waals surface area contributed by atoms with Crippen molar-refractivity contribution in [2.75, 3.05) is 12.3 Å². The second kappa shape index (κ2) is 12.4. The number of amides is 2. The molecular formula is C34H35FN8O4. The van der Waals surface area contributed by atoms with Gasteiger partial charge in [-0.2, -0.15) is 10.4 Å². The van der Waals surface area contributed by atoms with E-state index in [1.165, 1.54) is 18.5 Å². The van der Waals surface area contributed by atoms with E-state index >= 15 is 4.39 Å². The molecule has 1 aliphatic carbocycles. The first kappa shape index (κ1) is 31.5. The van der Waals surface area contributed by atoms with Crippen LogP contribution < -0.4 is 15.8 Å². The fraction of sp³-hybridized carbons (Fsp3) is 0.353. The van der Waals surface area contributed by atoms with Crippen LogP contribution >= 0.6 is 0 Å². The number of fused-ring (bicyclic) bond motifs is 1. The van der Waals surface area contributed by atoms with Crippen LogP contribution in [0.4, 0.5) is 15.0 Å². The number of halogens is 1. The molecule has 1 saturated carbocycles. The quantitative estimate of drug-likeness (QED) is 0.187. The topological polar surface area (TPSA) is 161 Å². The summed E-state index contributed by atoms with van der Waals surface area (Å²) in [4.78, 5) is 36.3. The molecule has 242 valence electrons. The van der Waals surface area contributed by atoms with Gasteiger partial charge in [0.2, 0.25) is 0 Å². The summed E-state index contributed by atoms with van der Waals surface area (Å²) < 4.78 is 28.3. The number of hydrogen-bond acceptors (Lipinski definition) is 9. The van der Waals surface area contributed by atoms with Crippen LogP contribution in [0.5, 0.6) is 11.5 Å². The monoisotopic (exact) mass is 638 g/mol. The molecule has 2 fully saturated rings. The lowest BCUT2D eigenvalue weighted by Gasteiger charge is -2.25. The lowest BCUT2D eigenvalue weighted by Crippen LogP contribution is -2.42. The van der Waals surface area contributed by atoms with Crippen LogP contribution in [-0.4, -0.2) is 60.4 Å². The summed E-state index contributed by atoms with van der Waals surface area (Å²) in [6.45, 7) is 5.96. The number of carbonyl (C=O) groups is 2. The minimum Gasteiger partial charge on any atom is -0.457 e. The van der Waals surface area contributed by atoms with E-state index in [9.17, 15) is 14.9 Å². The standard InChI is InChI=1S/C34H35FN8O4/c1-33(2,3)47-32(45)40-34(13-14-34)17-21(18-36)31(44)42-15-7-8-22(42)19-43-30-27(29(37)38-20-39-30)28(41-43)25-12-11-24(16-26(25)35)46-23-9-5-4-6-10-23/h4-6,9-12,16-17,20,22H,7-8,13-15,19H2,1-3H3,(H,40,45)(H2,37,38,39)/t22-/m1/s1. The Labute approximate surface area is 271 Å². The van der Waals surface area contributed by atoms with Gasteiger partial charge in [-0.05, 0) is 76.8 Å². The van der Waals surface area contributed by atoms with Gasteiger partial charge in [0.15, 0.2) is 5.65 Å². The second-order valence-corrected chi connectivity index (χ2v) is 12.8. The number of para-hydroxylation sites is 1. The van der Waals surface area contributed by atoms with Crippen molar-refractivity contribution >= 4 is 28.9 Å². The molecular weight excluding hydrogens is 603 g/mol. The summed E-state index contributed by atoms with van der Waals surface area (Å²) in [6, 6.07) is 15.3. The number of carbonyl (C=O) groups excluding carboxylic acids is 2. The summed E-state index contributed by atoms with van der Waals surface area (Å²) in [5.41, 5.74) is 5.58. The predicted molar refractivity (Wildman–Crippen MR) is 171 cm³/mol. The number of benzene rings is 2. The average Bonchev–Trinajstić information content (AvgIpc) is 3.43. The lowest BCUT2D eigenvalue weighted by molar-refractivity contribution is -0.127. The van der Waals surface area contributed by atoms with Gasteiger partial charge in [-0.25, -0.2) is 23.8 Å². The summed E-state index contributed by atoms with van der Waals surface area (Å²) in [5, 5.41) is 17.9. The number of likely N-dealkylation sites (tertiary alicyclic amines) is 1. The van der Waals surface area contributed by atoms with Gasteiger partial charge in [-0.15, -0.1) is 0 Å². The van der Waals surface area contributed by atoms with Crippen molar-refractivity contribution in [3.63, 3.8) is 0 Å². The molecule has 3 heterocycles. The van der Waals surface area contributed by atoms with E-state index in [4.69, 9.17) is 20.3 Å². The number of nitrogens with two attached hydrogens (primary N) is 1. The van der Waals surface area contributed by atoms with E-state index in [-0.39, 0.29) is 35.2 Å². The second-order valence-electron chi connectivity index (χ2n) is 12.8. The molecule has 12 nitrogen and oxygen atoms in total. The Hall–Kier alpha value is -5.51. The highest BCUT2D eigenvalue weighted by atomic mass is 19.1. The Morgan fingerprint density at radius 1 is 1.17 bits per heavy atom. The van der Waals surface area contributed by atoms with E-state index in [0.29, 0.717) is 48.3 Å². The van der Waals surface area contributed by atoms with E-state index in [1.54, 1.807) is 54.6 Å². The zero-order valence-corrected chi connectivity index (χ0v) is 26.4. The number of nitrogen functional groups attached to an aromatic ring is 1. The highest BCUT2D eigenvalue weighted by Crippen LogP contribution is 2.39. The maximum atomic E-state index is 15.6. The molecule has 0 bridgehead atoms. The third kappa shape index (κ3) is 6.86. The first-order chi connectivity index (χ1) is 22.4. The summed E-state index contributed by atoms with van der Waals surface area (Å²) in [7, 11) is 0. The molecule has 1 aliphatic heterocycles. The molecule has 1 atom stereocenters. The number of nitriles is 1. The van der Waals surface area contributed by atoms with E-state index in [2.05, 4.69) is 15.3 Å². The highest BCUT2D eigenvalue weighted by molar-refractivity contribution is 5.99. The van der Waals surface area contributed by atoms with Crippen LogP contribution in [-0.2, 0) is 16.1 Å². The first-order valence-electron chi connectivity index (χ1n) is 15.4. The van der Waals surface area contributed by atoms with E-state index < -0.39 is 29.0 Å². The molecule has 3 N–H and O–H groups in total. The van der Waals surface area contributed by atoms with Crippen molar-refractivity contribution in [3.05, 3.63) is 72.3 Å². The van der Waals surface area contributed by atoms with Crippen LogP contribution in [0.25, 0.3) is 22.3 Å². The van der Waals surface area contributed by atoms with Gasteiger partial charge in [-0.3, -0.25) is 4.79 Å². The van der Waals surface area contributed by atoms with E-state index in [0.717, 1.165) is 6.42 Å². The normalized spacial score (nSPS) is 17.3. The number of ether oxygens (including phenoxy) is 2. The number of rotatable bonds is 8. The summed E-state index contributed by atoms with van der Waals surface area (Å²) in [6.07, 6.45) is 4.80. The molecule has 0 spiro atoms. The first-order valence-corrected chi connectivity index (χ1v) is 15.4. The fourth-order valence-corrected chi connectivity index (χ4v) is 5.73. The molecule has 2 aromatic heterocycles. The van der Waals surface area contributed by atoms with Gasteiger partial charge < -0.3 is 25.4 Å². The van der Waals surface area contributed by atoms with Crippen molar-refractivity contribution in [1.29, 1.82) is 5.26 Å². The number of alkyl carbamates (subject to hydrolysis) is 1. The Bertz CT molecular complexity index is 1910. The Morgan fingerprint density at radius 2 is 1.94 bits per heavy atom. The maximum Gasteiger partial charge on any atom is 0.408 e. The van der Waals surface area contributed by atoms with Gasteiger partial charge in [0.25, 0.3) is 5.91 Å². The molecule has 2 aromatic carbocycles. The van der Waals surface area contributed by atoms with Gasteiger partial charge >= 0.3 is 6.09 Å². The van der Waals surface area contributed by atoms with Crippen LogP contribution in [0.2, 0.25) is 0 Å². The van der Waals surface area contributed by atoms with Gasteiger partial charge in [0.05, 0.1) is 23.5 Å². The largest absolute Gasteiger partial charge is 0.457 e. The number of anilines is 1. The lowest BCUT2D eigenvalue weighted by atomic mass is 10.1. The van der Waals surface area contributed by atoms with Crippen molar-refractivity contribution < 1.29 is 23.5 Å². The van der Waals surface area contributed by atoms with Crippen molar-refractivity contribution in [1.82, 2.24) is 30.0 Å². The molecule has 0 unspecified atom stereocenters. The third-order valence-electron chi connectivity index (χ3n) is 8.06. The van der Waals surface area contributed by atoms with E-state index in [1.807, 2.05) is 24.3 Å². The Kier molecular flexibility index (Phi) is 8.27. The molecule has 6 rings (SSSR count). The van der Waals surface area contributed by atoms with Gasteiger partial charge in [-0.1, -0.05) is 18.2 Å². The SMILES string of the molecule is CC(C)(C)OC(=O)NC1(C=C(C#N)C(=O)N2CCC[C@@H]2Cn2nc(-c3ccc(Oc4ccccc4)cc3F)c3c(N)ncnc32)CC1. The Balaban J connectivity index is 1.25. The van der Waals surface area contributed by atoms with Gasteiger partial charge in [0.1, 0.15) is 52.4 Å². The van der Waals surface area contributed by atoms with Gasteiger partial charge in [0, 0.05) is 18.2 Å². The number of hydrogen-bond donors (Lipinski definition) is 2. The minimum absolute atomic E-state index is 0.0528. The fourth-order valence-electron chi connectivity index (χ4n) is 5.73. The third-order valence-corrected chi connectivity index (χ3v) is 8.06. The van der Waals surface area contributed by atoms with Crippen LogP contribution in [0, 0.1) is 17.1 Å². The number of aromatic nitrogens is 4. The zero-order valence-electron chi connectivity index (χ0n) is 26.4. The molecule has 2 aliphatic rings. The van der Waals surface area contributed by atoms with Crippen LogP contribution in [0.1, 0.15) is 46.5 Å². The van der Waals surface area contributed by atoms with Crippen molar-refractivity contribution in [3.8, 4) is 28.8 Å².